The normalized spacial score (nSPS) is 22.1. The molecule has 2 fully saturated rings. The first kappa shape index (κ1) is 11.9. The number of nitrogens with one attached hydrogen (secondary N) is 1. The smallest absolute Gasteiger partial charge is 0.147 e. The average molecular weight is 248 g/mol. The summed E-state index contributed by atoms with van der Waals surface area (Å²) in [7, 11) is 0. The molecule has 2 aliphatic heterocycles. The fourth-order valence-electron chi connectivity index (χ4n) is 2.62. The van der Waals surface area contributed by atoms with Crippen molar-refractivity contribution in [2.24, 2.45) is 0 Å². The molecule has 5 nitrogen and oxygen atoms in total. The van der Waals surface area contributed by atoms with Crippen LogP contribution in [0.3, 0.4) is 0 Å². The van der Waals surface area contributed by atoms with Gasteiger partial charge in [-0.25, -0.2) is 4.98 Å². The van der Waals surface area contributed by atoms with Gasteiger partial charge in [0.05, 0.1) is 31.3 Å². The first-order valence-corrected chi connectivity index (χ1v) is 6.79. The lowest BCUT2D eigenvalue weighted by atomic mass is 9.95. The summed E-state index contributed by atoms with van der Waals surface area (Å²) in [5.74, 6) is 1.56. The minimum Gasteiger partial charge on any atom is -0.378 e. The molecule has 0 saturated carbocycles. The number of nitrogens with zero attached hydrogens (tertiary/aromatic N) is 3. The molecule has 0 radical (unpaired) electrons. The SMILES string of the molecule is c1nc(N2CCOCC2)cnc1C1CCNCC1. The van der Waals surface area contributed by atoms with Gasteiger partial charge in [-0.3, -0.25) is 4.98 Å². The summed E-state index contributed by atoms with van der Waals surface area (Å²) >= 11 is 0. The molecule has 1 N–H and O–H groups in total. The number of hydrogen-bond donors (Lipinski definition) is 1. The first-order valence-electron chi connectivity index (χ1n) is 6.79. The van der Waals surface area contributed by atoms with E-state index in [1.54, 1.807) is 0 Å². The Morgan fingerprint density at radius 1 is 1.11 bits per heavy atom. The van der Waals surface area contributed by atoms with E-state index >= 15 is 0 Å². The van der Waals surface area contributed by atoms with Gasteiger partial charge in [0.2, 0.25) is 0 Å². The van der Waals surface area contributed by atoms with Crippen molar-refractivity contribution < 1.29 is 4.74 Å². The number of hydrogen-bond acceptors (Lipinski definition) is 5. The molecule has 0 unspecified atom stereocenters. The molecule has 18 heavy (non-hydrogen) atoms. The molecular weight excluding hydrogens is 228 g/mol. The van der Waals surface area contributed by atoms with Crippen molar-refractivity contribution in [1.29, 1.82) is 0 Å². The molecule has 1 aromatic rings. The van der Waals surface area contributed by atoms with Crippen molar-refractivity contribution in [2.75, 3.05) is 44.3 Å². The summed E-state index contributed by atoms with van der Waals surface area (Å²) in [5, 5.41) is 3.38. The van der Waals surface area contributed by atoms with Crippen LogP contribution in [-0.4, -0.2) is 49.4 Å². The third kappa shape index (κ3) is 2.62. The van der Waals surface area contributed by atoms with E-state index in [4.69, 9.17) is 4.74 Å². The molecule has 0 bridgehead atoms. The minimum atomic E-state index is 0.581. The van der Waals surface area contributed by atoms with Crippen LogP contribution < -0.4 is 10.2 Å². The second-order valence-electron chi connectivity index (χ2n) is 4.92. The fourth-order valence-corrected chi connectivity index (χ4v) is 2.62. The van der Waals surface area contributed by atoms with E-state index in [1.807, 2.05) is 12.4 Å². The lowest BCUT2D eigenvalue weighted by Crippen LogP contribution is -2.36. The van der Waals surface area contributed by atoms with Gasteiger partial charge in [0.1, 0.15) is 5.82 Å². The van der Waals surface area contributed by atoms with E-state index in [2.05, 4.69) is 20.2 Å². The van der Waals surface area contributed by atoms with E-state index in [9.17, 15) is 0 Å². The second kappa shape index (κ2) is 5.63. The summed E-state index contributed by atoms with van der Waals surface area (Å²) < 4.78 is 5.34. The molecule has 2 saturated heterocycles. The number of rotatable bonds is 2. The lowest BCUT2D eigenvalue weighted by Gasteiger charge is -2.28. The van der Waals surface area contributed by atoms with Crippen molar-refractivity contribution in [3.8, 4) is 0 Å². The quantitative estimate of drug-likeness (QED) is 0.838. The molecule has 3 heterocycles. The van der Waals surface area contributed by atoms with E-state index in [1.165, 1.54) is 12.8 Å². The van der Waals surface area contributed by atoms with Crippen molar-refractivity contribution in [3.63, 3.8) is 0 Å². The van der Waals surface area contributed by atoms with Gasteiger partial charge in [-0.2, -0.15) is 0 Å². The maximum atomic E-state index is 5.34. The van der Waals surface area contributed by atoms with E-state index in [-0.39, 0.29) is 0 Å². The Labute approximate surface area is 108 Å². The molecule has 0 aromatic carbocycles. The Balaban J connectivity index is 1.67. The van der Waals surface area contributed by atoms with Gasteiger partial charge in [0.15, 0.2) is 0 Å². The Kier molecular flexibility index (Phi) is 3.71. The summed E-state index contributed by atoms with van der Waals surface area (Å²) in [6, 6.07) is 0. The van der Waals surface area contributed by atoms with Crippen molar-refractivity contribution in [2.45, 2.75) is 18.8 Å². The number of morpholine rings is 1. The fraction of sp³-hybridized carbons (Fsp3) is 0.692. The Bertz CT molecular complexity index is 332. The zero-order valence-electron chi connectivity index (χ0n) is 10.6. The van der Waals surface area contributed by atoms with Crippen LogP contribution in [-0.2, 0) is 4.74 Å². The molecule has 98 valence electrons. The zero-order chi connectivity index (χ0) is 12.2. The predicted molar refractivity (Wildman–Crippen MR) is 69.9 cm³/mol. The van der Waals surface area contributed by atoms with E-state index in [0.29, 0.717) is 5.92 Å². The third-order valence-corrected chi connectivity index (χ3v) is 3.75. The molecule has 0 amide bonds. The lowest BCUT2D eigenvalue weighted by molar-refractivity contribution is 0.122. The van der Waals surface area contributed by atoms with Crippen molar-refractivity contribution in [1.82, 2.24) is 15.3 Å². The molecule has 0 aliphatic carbocycles. The van der Waals surface area contributed by atoms with Crippen LogP contribution in [0.5, 0.6) is 0 Å². The summed E-state index contributed by atoms with van der Waals surface area (Å²) in [5.41, 5.74) is 1.15. The molecule has 3 rings (SSSR count). The number of aromatic nitrogens is 2. The highest BCUT2D eigenvalue weighted by Gasteiger charge is 2.18. The highest BCUT2D eigenvalue weighted by Crippen LogP contribution is 2.23. The van der Waals surface area contributed by atoms with E-state index in [0.717, 1.165) is 50.9 Å². The summed E-state index contributed by atoms with van der Waals surface area (Å²) in [4.78, 5) is 11.4. The molecular formula is C13H20N4O. The summed E-state index contributed by atoms with van der Waals surface area (Å²) in [6.45, 7) is 5.60. The summed E-state index contributed by atoms with van der Waals surface area (Å²) in [6.07, 6.45) is 6.22. The van der Waals surface area contributed by atoms with Crippen LogP contribution in [0.2, 0.25) is 0 Å². The highest BCUT2D eigenvalue weighted by molar-refractivity contribution is 5.36. The van der Waals surface area contributed by atoms with Crippen LogP contribution >= 0.6 is 0 Å². The van der Waals surface area contributed by atoms with Gasteiger partial charge in [0.25, 0.3) is 0 Å². The monoisotopic (exact) mass is 248 g/mol. The standard InChI is InChI=1S/C13H20N4O/c1-3-14-4-2-11(1)12-9-16-13(10-15-12)17-5-7-18-8-6-17/h9-11,14H,1-8H2. The minimum absolute atomic E-state index is 0.581. The number of piperidine rings is 1. The van der Waals surface area contributed by atoms with Gasteiger partial charge in [-0.1, -0.05) is 0 Å². The molecule has 0 atom stereocenters. The van der Waals surface area contributed by atoms with Crippen LogP contribution in [0.25, 0.3) is 0 Å². The first-order chi connectivity index (χ1) is 8.93. The molecule has 1 aromatic heterocycles. The van der Waals surface area contributed by atoms with Crippen LogP contribution in [0, 0.1) is 0 Å². The maximum Gasteiger partial charge on any atom is 0.147 e. The molecule has 5 heteroatoms. The van der Waals surface area contributed by atoms with Crippen LogP contribution in [0.1, 0.15) is 24.5 Å². The third-order valence-electron chi connectivity index (χ3n) is 3.75. The number of ether oxygens (including phenoxy) is 1. The Hall–Kier alpha value is -1.20. The van der Waals surface area contributed by atoms with Gasteiger partial charge in [-0.05, 0) is 25.9 Å². The molecule has 0 spiro atoms. The topological polar surface area (TPSA) is 50.3 Å². The Morgan fingerprint density at radius 2 is 1.89 bits per heavy atom. The van der Waals surface area contributed by atoms with Crippen molar-refractivity contribution >= 4 is 5.82 Å². The maximum absolute atomic E-state index is 5.34. The van der Waals surface area contributed by atoms with E-state index < -0.39 is 0 Å². The zero-order valence-corrected chi connectivity index (χ0v) is 10.6. The average Bonchev–Trinajstić information content (AvgIpc) is 2.49. The largest absolute Gasteiger partial charge is 0.378 e. The van der Waals surface area contributed by atoms with Gasteiger partial charge < -0.3 is 15.0 Å². The van der Waals surface area contributed by atoms with Gasteiger partial charge in [0, 0.05) is 19.0 Å². The van der Waals surface area contributed by atoms with Crippen molar-refractivity contribution in [3.05, 3.63) is 18.1 Å². The predicted octanol–water partition coefficient (Wildman–Crippen LogP) is 0.780. The second-order valence-corrected chi connectivity index (χ2v) is 4.92. The number of anilines is 1. The van der Waals surface area contributed by atoms with Crippen LogP contribution in [0.4, 0.5) is 5.82 Å². The highest BCUT2D eigenvalue weighted by atomic mass is 16.5. The molecule has 2 aliphatic rings. The van der Waals surface area contributed by atoms with Gasteiger partial charge >= 0.3 is 0 Å². The Morgan fingerprint density at radius 3 is 2.56 bits per heavy atom. The van der Waals surface area contributed by atoms with Gasteiger partial charge in [-0.15, -0.1) is 0 Å². The van der Waals surface area contributed by atoms with Crippen LogP contribution in [0.15, 0.2) is 12.4 Å².